The Morgan fingerprint density at radius 1 is 1.41 bits per heavy atom. The summed E-state index contributed by atoms with van der Waals surface area (Å²) in [7, 11) is 0. The highest BCUT2D eigenvalue weighted by atomic mass is 35.5. The fourth-order valence-corrected chi connectivity index (χ4v) is 5.04. The maximum absolute atomic E-state index is 12.8. The summed E-state index contributed by atoms with van der Waals surface area (Å²) in [6.45, 7) is 6.71. The molecule has 1 amide bonds. The van der Waals surface area contributed by atoms with Crippen molar-refractivity contribution in [3.05, 3.63) is 62.8 Å². The molecule has 0 bridgehead atoms. The van der Waals surface area contributed by atoms with Crippen molar-refractivity contribution in [3.63, 3.8) is 0 Å². The van der Waals surface area contributed by atoms with Gasteiger partial charge in [0.2, 0.25) is 5.91 Å². The van der Waals surface area contributed by atoms with E-state index in [1.807, 2.05) is 24.0 Å². The second-order valence-corrected chi connectivity index (χ2v) is 9.03. The van der Waals surface area contributed by atoms with Crippen LogP contribution < -0.4 is 0 Å². The first-order valence-corrected chi connectivity index (χ1v) is 10.7. The average molecular weight is 402 g/mol. The first-order valence-electron chi connectivity index (χ1n) is 9.44. The van der Waals surface area contributed by atoms with Crippen molar-refractivity contribution in [2.45, 2.75) is 45.2 Å². The number of allylic oxidation sites excluding steroid dienone is 7. The molecule has 0 aromatic carbocycles. The van der Waals surface area contributed by atoms with Crippen LogP contribution in [0.5, 0.6) is 0 Å². The number of halogens is 1. The Balaban J connectivity index is 1.41. The van der Waals surface area contributed by atoms with E-state index in [-0.39, 0.29) is 11.3 Å². The lowest BCUT2D eigenvalue weighted by molar-refractivity contribution is -0.132. The number of carbonyl (C=O) groups excluding carboxylic acids is 1. The zero-order chi connectivity index (χ0) is 19.0. The predicted molar refractivity (Wildman–Crippen MR) is 111 cm³/mol. The molecule has 1 aromatic heterocycles. The van der Waals surface area contributed by atoms with E-state index in [1.165, 1.54) is 21.7 Å². The Morgan fingerprint density at radius 2 is 2.26 bits per heavy atom. The lowest BCUT2D eigenvalue weighted by atomic mass is 9.94. The van der Waals surface area contributed by atoms with Crippen molar-refractivity contribution in [2.24, 2.45) is 0 Å². The summed E-state index contributed by atoms with van der Waals surface area (Å²) in [6, 6.07) is 0. The van der Waals surface area contributed by atoms with Crippen LogP contribution in [0.1, 0.15) is 35.3 Å². The summed E-state index contributed by atoms with van der Waals surface area (Å²) in [5.41, 5.74) is 4.81. The van der Waals surface area contributed by atoms with Gasteiger partial charge in [-0.15, -0.1) is 22.9 Å². The van der Waals surface area contributed by atoms with Gasteiger partial charge >= 0.3 is 0 Å². The number of hydrogen-bond acceptors (Lipinski definition) is 4. The van der Waals surface area contributed by atoms with E-state index in [0.717, 1.165) is 30.1 Å². The molecule has 142 valence electrons. The smallest absolute Gasteiger partial charge is 0.242 e. The first kappa shape index (κ1) is 18.5. The van der Waals surface area contributed by atoms with Gasteiger partial charge in [-0.05, 0) is 37.0 Å². The van der Waals surface area contributed by atoms with Crippen LogP contribution in [-0.2, 0) is 17.9 Å². The molecule has 27 heavy (non-hydrogen) atoms. The largest absolute Gasteiger partial charge is 0.362 e. The summed E-state index contributed by atoms with van der Waals surface area (Å²) in [5.74, 6) is 0.176. The monoisotopic (exact) mass is 401 g/mol. The molecule has 4 nitrogen and oxygen atoms in total. The van der Waals surface area contributed by atoms with Crippen molar-refractivity contribution in [1.29, 1.82) is 0 Å². The van der Waals surface area contributed by atoms with Crippen molar-refractivity contribution in [1.82, 2.24) is 14.8 Å². The van der Waals surface area contributed by atoms with Crippen molar-refractivity contribution >= 4 is 28.8 Å². The molecule has 0 N–H and O–H groups in total. The van der Waals surface area contributed by atoms with Crippen LogP contribution >= 0.6 is 22.9 Å². The molecule has 6 heteroatoms. The number of aromatic nitrogens is 1. The van der Waals surface area contributed by atoms with Gasteiger partial charge in [0.1, 0.15) is 0 Å². The highest BCUT2D eigenvalue weighted by Gasteiger charge is 2.28. The fourth-order valence-electron chi connectivity index (χ4n) is 3.83. The Bertz CT molecular complexity index is 856. The maximum atomic E-state index is 12.8. The van der Waals surface area contributed by atoms with E-state index < -0.39 is 0 Å². The molecule has 1 atom stereocenters. The van der Waals surface area contributed by atoms with Gasteiger partial charge in [-0.25, -0.2) is 4.98 Å². The van der Waals surface area contributed by atoms with Gasteiger partial charge in [-0.1, -0.05) is 31.2 Å². The second-order valence-electron chi connectivity index (χ2n) is 7.18. The summed E-state index contributed by atoms with van der Waals surface area (Å²) < 4.78 is 0. The standard InChI is InChI=1S/C21H24ClN3OS/c1-3-18-10-16(15-5-4-6-17(22)9-15)7-8-24(18)13-21(26)25-11-19-20(12-25)27-14(2)23-19/h4-7,10,17H,3,8-9,11-13H2,1-2H3. The molecular weight excluding hydrogens is 378 g/mol. The third-order valence-electron chi connectivity index (χ3n) is 5.26. The number of amides is 1. The number of rotatable bonds is 4. The Morgan fingerprint density at radius 3 is 3.00 bits per heavy atom. The van der Waals surface area contributed by atoms with Crippen molar-refractivity contribution < 1.29 is 4.79 Å². The number of hydrogen-bond donors (Lipinski definition) is 0. The van der Waals surface area contributed by atoms with E-state index in [2.05, 4.69) is 35.0 Å². The highest BCUT2D eigenvalue weighted by Crippen LogP contribution is 2.30. The van der Waals surface area contributed by atoms with Gasteiger partial charge in [0.05, 0.1) is 35.7 Å². The molecule has 3 heterocycles. The van der Waals surface area contributed by atoms with E-state index >= 15 is 0 Å². The third-order valence-corrected chi connectivity index (χ3v) is 6.56. The fraction of sp³-hybridized carbons (Fsp3) is 0.429. The molecule has 0 fully saturated rings. The van der Waals surface area contributed by atoms with E-state index in [4.69, 9.17) is 11.6 Å². The molecule has 1 unspecified atom stereocenters. The minimum atomic E-state index is 0.0674. The lowest BCUT2D eigenvalue weighted by Gasteiger charge is -2.31. The van der Waals surface area contributed by atoms with Gasteiger partial charge in [0, 0.05) is 17.1 Å². The predicted octanol–water partition coefficient (Wildman–Crippen LogP) is 4.32. The summed E-state index contributed by atoms with van der Waals surface area (Å²) in [4.78, 5) is 22.7. The summed E-state index contributed by atoms with van der Waals surface area (Å²) >= 11 is 7.97. The van der Waals surface area contributed by atoms with Gasteiger partial charge in [0.15, 0.2) is 0 Å². The first-order chi connectivity index (χ1) is 13.0. The molecule has 0 saturated carbocycles. The second kappa shape index (κ2) is 7.64. The molecule has 1 aliphatic carbocycles. The number of aryl methyl sites for hydroxylation is 1. The molecule has 0 saturated heterocycles. The van der Waals surface area contributed by atoms with Gasteiger partial charge in [-0.2, -0.15) is 0 Å². The van der Waals surface area contributed by atoms with Crippen molar-refractivity contribution in [3.8, 4) is 0 Å². The molecule has 4 rings (SSSR count). The topological polar surface area (TPSA) is 36.4 Å². The van der Waals surface area contributed by atoms with Gasteiger partial charge in [0.25, 0.3) is 0 Å². The molecule has 2 aliphatic heterocycles. The molecule has 0 radical (unpaired) electrons. The molecule has 0 spiro atoms. The zero-order valence-corrected chi connectivity index (χ0v) is 17.3. The minimum absolute atomic E-state index is 0.0674. The zero-order valence-electron chi connectivity index (χ0n) is 15.7. The van der Waals surface area contributed by atoms with Crippen LogP contribution in [0.15, 0.2) is 47.2 Å². The summed E-state index contributed by atoms with van der Waals surface area (Å²) in [6.07, 6.45) is 12.4. The summed E-state index contributed by atoms with van der Waals surface area (Å²) in [5, 5.41) is 1.15. The van der Waals surface area contributed by atoms with Crippen LogP contribution in [0, 0.1) is 6.92 Å². The number of alkyl halides is 1. The minimum Gasteiger partial charge on any atom is -0.362 e. The molecule has 3 aliphatic rings. The van der Waals surface area contributed by atoms with Gasteiger partial charge < -0.3 is 9.80 Å². The Hall–Kier alpha value is -1.85. The lowest BCUT2D eigenvalue weighted by Crippen LogP contribution is -2.38. The van der Waals surface area contributed by atoms with Crippen molar-refractivity contribution in [2.75, 3.05) is 13.1 Å². The molecule has 1 aromatic rings. The van der Waals surface area contributed by atoms with E-state index in [9.17, 15) is 4.79 Å². The van der Waals surface area contributed by atoms with Crippen LogP contribution in [0.25, 0.3) is 0 Å². The van der Waals surface area contributed by atoms with Crippen LogP contribution in [-0.4, -0.2) is 39.2 Å². The quantitative estimate of drug-likeness (QED) is 0.705. The average Bonchev–Trinajstić information content (AvgIpc) is 3.19. The molecular formula is C21H24ClN3OS. The van der Waals surface area contributed by atoms with Gasteiger partial charge in [-0.3, -0.25) is 4.79 Å². The number of carbonyl (C=O) groups is 1. The van der Waals surface area contributed by atoms with E-state index in [1.54, 1.807) is 11.3 Å². The van der Waals surface area contributed by atoms with Crippen LogP contribution in [0.3, 0.4) is 0 Å². The Labute approximate surface area is 169 Å². The number of fused-ring (bicyclic) bond motifs is 1. The number of thiazole rings is 1. The Kier molecular flexibility index (Phi) is 5.24. The van der Waals surface area contributed by atoms with Crippen LogP contribution in [0.4, 0.5) is 0 Å². The SMILES string of the molecule is CCC1=CC(C2=CC=CC(Cl)C2)=CCN1CC(=O)N1Cc2nc(C)sc2C1. The number of nitrogens with zero attached hydrogens (tertiary/aromatic N) is 3. The van der Waals surface area contributed by atoms with E-state index in [0.29, 0.717) is 19.6 Å². The highest BCUT2D eigenvalue weighted by molar-refractivity contribution is 7.11. The van der Waals surface area contributed by atoms with Crippen LogP contribution in [0.2, 0.25) is 0 Å². The third kappa shape index (κ3) is 3.90. The normalized spacial score (nSPS) is 21.7. The maximum Gasteiger partial charge on any atom is 0.242 e.